The van der Waals surface area contributed by atoms with Crippen molar-refractivity contribution in [3.8, 4) is 0 Å². The van der Waals surface area contributed by atoms with Crippen LogP contribution in [0.4, 0.5) is 0 Å². The zero-order valence-corrected chi connectivity index (χ0v) is 17.6. The summed E-state index contributed by atoms with van der Waals surface area (Å²) in [5.41, 5.74) is 0. The molecule has 0 heterocycles. The molecule has 0 aliphatic carbocycles. The van der Waals surface area contributed by atoms with Crippen LogP contribution >= 0.6 is 0 Å². The van der Waals surface area contributed by atoms with Crippen LogP contribution in [0.15, 0.2) is 0 Å². The average Bonchev–Trinajstić information content (AvgIpc) is 2.69. The lowest BCUT2D eigenvalue weighted by molar-refractivity contribution is -0.145. The maximum Gasteiger partial charge on any atom is 0.305 e. The highest BCUT2D eigenvalue weighted by Gasteiger charge is 1.99. The van der Waals surface area contributed by atoms with Gasteiger partial charge in [-0.05, 0) is 13.5 Å². The van der Waals surface area contributed by atoms with Crippen LogP contribution < -0.4 is 5.32 Å². The first-order valence-corrected chi connectivity index (χ1v) is 10.1. The summed E-state index contributed by atoms with van der Waals surface area (Å²) < 4.78 is 37.1. The van der Waals surface area contributed by atoms with Gasteiger partial charge in [-0.25, -0.2) is 0 Å². The number of rotatable bonds is 23. The summed E-state index contributed by atoms with van der Waals surface area (Å²) in [6, 6.07) is 0. The molecule has 0 aliphatic rings. The number of hydrogen-bond donors (Lipinski definition) is 1. The predicted octanol–water partition coefficient (Wildman–Crippen LogP) is 0.649. The minimum absolute atomic E-state index is 0.179. The van der Waals surface area contributed by atoms with Crippen LogP contribution in [0.25, 0.3) is 0 Å². The summed E-state index contributed by atoms with van der Waals surface area (Å²) in [6.45, 7) is 9.45. The van der Waals surface area contributed by atoms with Crippen molar-refractivity contribution >= 4 is 5.97 Å². The third-order valence-corrected chi connectivity index (χ3v) is 3.30. The Morgan fingerprint density at radius 1 is 0.607 bits per heavy atom. The monoisotopic (exact) mass is 409 g/mol. The molecule has 0 aromatic carbocycles. The van der Waals surface area contributed by atoms with Gasteiger partial charge in [0.05, 0.1) is 79.3 Å². The van der Waals surface area contributed by atoms with Gasteiger partial charge in [0.2, 0.25) is 0 Å². The summed E-state index contributed by atoms with van der Waals surface area (Å²) in [5.74, 6) is -0.179. The number of hydrogen-bond acceptors (Lipinski definition) is 9. The van der Waals surface area contributed by atoms with Crippen LogP contribution in [0, 0.1) is 0 Å². The van der Waals surface area contributed by atoms with Gasteiger partial charge in [-0.3, -0.25) is 4.79 Å². The lowest BCUT2D eigenvalue weighted by atomic mass is 10.3. The zero-order valence-electron chi connectivity index (χ0n) is 17.6. The summed E-state index contributed by atoms with van der Waals surface area (Å²) in [7, 11) is 1.89. The molecule has 0 saturated heterocycles. The molecule has 0 radical (unpaired) electrons. The number of carbonyl (C=O) groups excluding carboxylic acids is 1. The fraction of sp³-hybridized carbons (Fsp3) is 0.947. The van der Waals surface area contributed by atoms with Gasteiger partial charge in [0.15, 0.2) is 0 Å². The van der Waals surface area contributed by atoms with E-state index in [1.165, 1.54) is 0 Å². The van der Waals surface area contributed by atoms with E-state index in [9.17, 15) is 4.79 Å². The molecule has 0 rings (SSSR count). The Bertz CT molecular complexity index is 320. The lowest BCUT2D eigenvalue weighted by Gasteiger charge is -2.08. The van der Waals surface area contributed by atoms with Crippen LogP contribution in [-0.2, 0) is 38.0 Å². The molecule has 0 bridgehead atoms. The topological polar surface area (TPSA) is 93.7 Å². The summed E-state index contributed by atoms with van der Waals surface area (Å²) in [5, 5.41) is 3.01. The van der Waals surface area contributed by atoms with Gasteiger partial charge in [0, 0.05) is 13.0 Å². The van der Waals surface area contributed by atoms with Crippen LogP contribution in [0.3, 0.4) is 0 Å². The van der Waals surface area contributed by atoms with Crippen molar-refractivity contribution in [2.45, 2.75) is 19.8 Å². The summed E-state index contributed by atoms with van der Waals surface area (Å²) in [4.78, 5) is 11.1. The molecule has 9 nitrogen and oxygen atoms in total. The molecule has 28 heavy (non-hydrogen) atoms. The standard InChI is InChI=1S/C19H39NO8/c1-3-4-19(21)28-18-17-27-16-15-26-14-13-25-12-11-24-10-9-23-8-7-22-6-5-20-2/h20H,3-18H2,1-2H3. The van der Waals surface area contributed by atoms with Gasteiger partial charge in [0.25, 0.3) is 0 Å². The van der Waals surface area contributed by atoms with Crippen molar-refractivity contribution < 1.29 is 38.0 Å². The number of ether oxygens (including phenoxy) is 7. The molecule has 0 aromatic rings. The van der Waals surface area contributed by atoms with E-state index >= 15 is 0 Å². The minimum Gasteiger partial charge on any atom is -0.463 e. The molecule has 168 valence electrons. The Labute approximate surface area is 169 Å². The molecule has 0 spiro atoms. The molecule has 0 atom stereocenters. The molecule has 0 aliphatic heterocycles. The third kappa shape index (κ3) is 23.2. The maximum atomic E-state index is 11.1. The van der Waals surface area contributed by atoms with Crippen molar-refractivity contribution in [2.75, 3.05) is 99.5 Å². The maximum absolute atomic E-state index is 11.1. The van der Waals surface area contributed by atoms with Crippen LogP contribution in [0.5, 0.6) is 0 Å². The van der Waals surface area contributed by atoms with Crippen molar-refractivity contribution in [3.63, 3.8) is 0 Å². The third-order valence-electron chi connectivity index (χ3n) is 3.30. The van der Waals surface area contributed by atoms with Gasteiger partial charge in [0.1, 0.15) is 6.61 Å². The van der Waals surface area contributed by atoms with Crippen LogP contribution in [0.2, 0.25) is 0 Å². The Kier molecular flexibility index (Phi) is 23.5. The highest BCUT2D eigenvalue weighted by atomic mass is 16.6. The summed E-state index contributed by atoms with van der Waals surface area (Å²) in [6.07, 6.45) is 1.25. The highest BCUT2D eigenvalue weighted by molar-refractivity contribution is 5.69. The molecule has 0 unspecified atom stereocenters. The Balaban J connectivity index is 3.02. The fourth-order valence-corrected chi connectivity index (χ4v) is 1.87. The van der Waals surface area contributed by atoms with Gasteiger partial charge < -0.3 is 38.5 Å². The quantitative estimate of drug-likeness (QED) is 0.193. The number of esters is 1. The Morgan fingerprint density at radius 3 is 1.32 bits per heavy atom. The van der Waals surface area contributed by atoms with E-state index < -0.39 is 0 Å². The molecule has 0 fully saturated rings. The van der Waals surface area contributed by atoms with E-state index in [2.05, 4.69) is 5.32 Å². The van der Waals surface area contributed by atoms with Crippen molar-refractivity contribution in [2.24, 2.45) is 0 Å². The average molecular weight is 410 g/mol. The zero-order chi connectivity index (χ0) is 20.5. The van der Waals surface area contributed by atoms with E-state index in [-0.39, 0.29) is 12.6 Å². The van der Waals surface area contributed by atoms with E-state index in [0.29, 0.717) is 85.7 Å². The normalized spacial score (nSPS) is 11.1. The second kappa shape index (κ2) is 24.2. The first kappa shape index (κ1) is 27.2. The Morgan fingerprint density at radius 2 is 0.964 bits per heavy atom. The second-order valence-electron chi connectivity index (χ2n) is 5.75. The number of likely N-dealkylation sites (N-methyl/N-ethyl adjacent to an activating group) is 1. The number of carbonyl (C=O) groups is 1. The molecule has 9 heteroatoms. The van der Waals surface area contributed by atoms with Crippen LogP contribution in [0.1, 0.15) is 19.8 Å². The van der Waals surface area contributed by atoms with E-state index in [1.54, 1.807) is 0 Å². The molecule has 0 amide bonds. The highest BCUT2D eigenvalue weighted by Crippen LogP contribution is 1.91. The van der Waals surface area contributed by atoms with Gasteiger partial charge in [-0.15, -0.1) is 0 Å². The Hall–Kier alpha value is -0.810. The fourth-order valence-electron chi connectivity index (χ4n) is 1.87. The van der Waals surface area contributed by atoms with Crippen molar-refractivity contribution in [3.05, 3.63) is 0 Å². The summed E-state index contributed by atoms with van der Waals surface area (Å²) >= 11 is 0. The smallest absolute Gasteiger partial charge is 0.305 e. The van der Waals surface area contributed by atoms with Gasteiger partial charge in [-0.1, -0.05) is 6.92 Å². The molecule has 0 aromatic heterocycles. The van der Waals surface area contributed by atoms with Crippen molar-refractivity contribution in [1.29, 1.82) is 0 Å². The largest absolute Gasteiger partial charge is 0.463 e. The van der Waals surface area contributed by atoms with Crippen molar-refractivity contribution in [1.82, 2.24) is 5.32 Å². The van der Waals surface area contributed by atoms with E-state index in [1.807, 2.05) is 14.0 Å². The predicted molar refractivity (Wildman–Crippen MR) is 105 cm³/mol. The first-order valence-electron chi connectivity index (χ1n) is 10.1. The molecule has 0 saturated carbocycles. The lowest BCUT2D eigenvalue weighted by Crippen LogP contribution is -2.17. The SMILES string of the molecule is CCCC(=O)OCCOCCOCCOCCOCCOCCOCCNC. The second-order valence-corrected chi connectivity index (χ2v) is 5.75. The first-order chi connectivity index (χ1) is 13.8. The van der Waals surface area contributed by atoms with E-state index in [0.717, 1.165) is 13.0 Å². The van der Waals surface area contributed by atoms with Crippen LogP contribution in [-0.4, -0.2) is 105 Å². The van der Waals surface area contributed by atoms with Gasteiger partial charge >= 0.3 is 5.97 Å². The molecule has 1 N–H and O–H groups in total. The van der Waals surface area contributed by atoms with E-state index in [4.69, 9.17) is 33.2 Å². The number of nitrogens with one attached hydrogen (secondary N) is 1. The minimum atomic E-state index is -0.179. The molecular weight excluding hydrogens is 370 g/mol. The van der Waals surface area contributed by atoms with Gasteiger partial charge in [-0.2, -0.15) is 0 Å². The molecular formula is C19H39NO8.